The zero-order valence-electron chi connectivity index (χ0n) is 13.2. The van der Waals surface area contributed by atoms with E-state index < -0.39 is 15.8 Å². The highest BCUT2D eigenvalue weighted by atomic mass is 35.7. The van der Waals surface area contributed by atoms with Gasteiger partial charge in [-0.05, 0) is 0 Å². The molecule has 0 saturated heterocycles. The van der Waals surface area contributed by atoms with Crippen molar-refractivity contribution in [2.45, 2.75) is 5.60 Å². The van der Waals surface area contributed by atoms with Crippen LogP contribution in [-0.2, 0) is 9.89 Å². The Labute approximate surface area is 147 Å². The first kappa shape index (κ1) is 19.1. The zero-order valence-corrected chi connectivity index (χ0v) is 13.9. The Hall–Kier alpha value is -2.25. The Morgan fingerprint density at radius 1 is 0.560 bits per heavy atom. The van der Waals surface area contributed by atoms with Gasteiger partial charge in [0.15, 0.2) is 0 Å². The molecule has 0 saturated carbocycles. The number of hydrogen-bond acceptors (Lipinski definition) is 4. The highest BCUT2D eigenvalue weighted by Crippen LogP contribution is 2.41. The highest BCUT2D eigenvalue weighted by molar-refractivity contribution is 5.47. The number of rotatable bonds is 5. The summed E-state index contributed by atoms with van der Waals surface area (Å²) in [4.78, 5) is 0. The summed E-state index contributed by atoms with van der Waals surface area (Å²) in [7, 11) is -4.67. The Balaban J connectivity index is 0.00000225. The number of benzene rings is 3. The maximum Gasteiger partial charge on any atom is 0.298 e. The van der Waals surface area contributed by atoms with Crippen molar-refractivity contribution in [3.8, 4) is 0 Å². The quantitative estimate of drug-likeness (QED) is 0.599. The molecular formula is C19H17ClO5. The standard InChI is InChI=1S/C19H15ClO4.H2O/c21-20(22,23)24-19(16-10-4-1-5-11-16,17-12-6-2-7-13-17)18-14-8-3-9-15-18;/h1-15H;1H2. The van der Waals surface area contributed by atoms with Gasteiger partial charge < -0.3 is 5.48 Å². The monoisotopic (exact) mass is 360 g/mol. The fraction of sp³-hybridized carbons (Fsp3) is 0.0526. The van der Waals surface area contributed by atoms with Crippen molar-refractivity contribution in [2.75, 3.05) is 0 Å². The largest absolute Gasteiger partial charge is 0.412 e. The van der Waals surface area contributed by atoms with Gasteiger partial charge in [0, 0.05) is 16.7 Å². The van der Waals surface area contributed by atoms with Crippen LogP contribution in [0.1, 0.15) is 16.7 Å². The summed E-state index contributed by atoms with van der Waals surface area (Å²) in [5, 5.41) is 0. The van der Waals surface area contributed by atoms with Crippen LogP contribution < -0.4 is 14.0 Å². The molecule has 0 fully saturated rings. The van der Waals surface area contributed by atoms with Crippen LogP contribution in [0, 0.1) is 10.2 Å². The van der Waals surface area contributed by atoms with Crippen LogP contribution in [0.3, 0.4) is 0 Å². The molecule has 0 aromatic heterocycles. The van der Waals surface area contributed by atoms with Crippen LogP contribution in [0.2, 0.25) is 0 Å². The van der Waals surface area contributed by atoms with Crippen LogP contribution in [0.25, 0.3) is 0 Å². The van der Waals surface area contributed by atoms with Crippen molar-refractivity contribution in [1.29, 1.82) is 0 Å². The molecule has 0 heterocycles. The zero-order chi connectivity index (χ0) is 17.0. The first-order valence-corrected chi connectivity index (χ1v) is 8.54. The first-order chi connectivity index (χ1) is 11.5. The third-order valence-corrected chi connectivity index (χ3v) is 4.17. The van der Waals surface area contributed by atoms with Crippen LogP contribution in [0.15, 0.2) is 91.0 Å². The van der Waals surface area contributed by atoms with E-state index in [9.17, 15) is 14.0 Å². The summed E-state index contributed by atoms with van der Waals surface area (Å²) in [5.41, 5.74) is 0.101. The van der Waals surface area contributed by atoms with E-state index in [1.165, 1.54) is 0 Å². The summed E-state index contributed by atoms with van der Waals surface area (Å²) in [6, 6.07) is 26.5. The third kappa shape index (κ3) is 4.05. The maximum atomic E-state index is 11.6. The van der Waals surface area contributed by atoms with E-state index in [-0.39, 0.29) is 5.48 Å². The van der Waals surface area contributed by atoms with Crippen molar-refractivity contribution in [1.82, 2.24) is 0 Å². The molecule has 6 heteroatoms. The van der Waals surface area contributed by atoms with E-state index in [1.807, 2.05) is 18.2 Å². The second kappa shape index (κ2) is 7.76. The van der Waals surface area contributed by atoms with Gasteiger partial charge >= 0.3 is 0 Å². The van der Waals surface area contributed by atoms with Gasteiger partial charge in [-0.1, -0.05) is 91.0 Å². The average Bonchev–Trinajstić information content (AvgIpc) is 2.61. The Morgan fingerprint density at radius 3 is 1.08 bits per heavy atom. The summed E-state index contributed by atoms with van der Waals surface area (Å²) >= 11 is 0. The van der Waals surface area contributed by atoms with Gasteiger partial charge in [0.05, 0.1) is 14.5 Å². The number of hydrogen-bond donors (Lipinski definition) is 0. The van der Waals surface area contributed by atoms with Crippen molar-refractivity contribution in [3.63, 3.8) is 0 Å². The molecule has 0 unspecified atom stereocenters. The molecule has 25 heavy (non-hydrogen) atoms. The lowest BCUT2D eigenvalue weighted by Crippen LogP contribution is -2.64. The predicted octanol–water partition coefficient (Wildman–Crippen LogP) is 0.0677. The minimum atomic E-state index is -4.67. The molecule has 0 aliphatic rings. The average molecular weight is 361 g/mol. The van der Waals surface area contributed by atoms with Crippen molar-refractivity contribution >= 4 is 0 Å². The molecule has 3 aromatic carbocycles. The van der Waals surface area contributed by atoms with E-state index in [0.29, 0.717) is 16.7 Å². The van der Waals surface area contributed by atoms with Gasteiger partial charge in [-0.15, -0.1) is 0 Å². The molecule has 0 spiro atoms. The van der Waals surface area contributed by atoms with E-state index in [1.54, 1.807) is 72.8 Å². The SMILES string of the molecule is O.[O-][Cl+3]([O-])([O-])OC(c1ccccc1)(c1ccccc1)c1ccccc1. The summed E-state index contributed by atoms with van der Waals surface area (Å²) in [6.07, 6.45) is 0. The van der Waals surface area contributed by atoms with Gasteiger partial charge in [-0.3, -0.25) is 0 Å². The van der Waals surface area contributed by atoms with Crippen LogP contribution in [-0.4, -0.2) is 5.48 Å². The molecule has 0 radical (unpaired) electrons. The molecule has 0 atom stereocenters. The molecule has 0 aliphatic heterocycles. The molecule has 130 valence electrons. The smallest absolute Gasteiger partial charge is 0.298 e. The summed E-state index contributed by atoms with van der Waals surface area (Å²) in [6.45, 7) is 0. The Morgan fingerprint density at radius 2 is 0.840 bits per heavy atom. The Bertz CT molecular complexity index is 677. The van der Waals surface area contributed by atoms with Gasteiger partial charge in [-0.25, -0.2) is 0 Å². The molecule has 5 nitrogen and oxygen atoms in total. The minimum Gasteiger partial charge on any atom is -0.412 e. The van der Waals surface area contributed by atoms with Crippen LogP contribution in [0.4, 0.5) is 0 Å². The topological polar surface area (TPSA) is 110 Å². The lowest BCUT2D eigenvalue weighted by molar-refractivity contribution is -1.92. The number of halogens is 1. The van der Waals surface area contributed by atoms with E-state index >= 15 is 0 Å². The van der Waals surface area contributed by atoms with Crippen LogP contribution in [0.5, 0.6) is 0 Å². The van der Waals surface area contributed by atoms with E-state index in [2.05, 4.69) is 0 Å². The van der Waals surface area contributed by atoms with E-state index in [0.717, 1.165) is 0 Å². The third-order valence-electron chi connectivity index (χ3n) is 3.75. The molecular weight excluding hydrogens is 344 g/mol. The lowest BCUT2D eigenvalue weighted by atomic mass is 9.80. The lowest BCUT2D eigenvalue weighted by Gasteiger charge is -2.31. The van der Waals surface area contributed by atoms with Gasteiger partial charge in [-0.2, -0.15) is 14.0 Å². The molecule has 0 amide bonds. The predicted molar refractivity (Wildman–Crippen MR) is 83.9 cm³/mol. The first-order valence-electron chi connectivity index (χ1n) is 7.30. The van der Waals surface area contributed by atoms with Crippen LogP contribution >= 0.6 is 0 Å². The second-order valence-electron chi connectivity index (χ2n) is 5.23. The fourth-order valence-corrected chi connectivity index (χ4v) is 3.34. The molecule has 3 aromatic rings. The minimum absolute atomic E-state index is 0. The summed E-state index contributed by atoms with van der Waals surface area (Å²) < 4.78 is 39.9. The molecule has 3 rings (SSSR count). The van der Waals surface area contributed by atoms with Gasteiger partial charge in [0.25, 0.3) is 5.60 Å². The van der Waals surface area contributed by atoms with E-state index in [4.69, 9.17) is 4.29 Å². The molecule has 0 bridgehead atoms. The molecule has 0 aliphatic carbocycles. The summed E-state index contributed by atoms with van der Waals surface area (Å²) in [5.74, 6) is 0. The highest BCUT2D eigenvalue weighted by Gasteiger charge is 2.51. The van der Waals surface area contributed by atoms with Crippen molar-refractivity contribution < 1.29 is 34.0 Å². The van der Waals surface area contributed by atoms with Gasteiger partial charge in [0.1, 0.15) is 0 Å². The van der Waals surface area contributed by atoms with Crippen molar-refractivity contribution in [2.24, 2.45) is 0 Å². The Kier molecular flexibility index (Phi) is 5.92. The fourth-order valence-electron chi connectivity index (χ4n) is 2.79. The molecule has 2 N–H and O–H groups in total. The maximum absolute atomic E-state index is 11.6. The second-order valence-corrected chi connectivity index (χ2v) is 6.14. The van der Waals surface area contributed by atoms with Gasteiger partial charge in [0.2, 0.25) is 0 Å². The van der Waals surface area contributed by atoms with Crippen molar-refractivity contribution in [3.05, 3.63) is 108 Å². The normalized spacial score (nSPS) is 11.6.